The van der Waals surface area contributed by atoms with Crippen LogP contribution in [0.15, 0.2) is 134 Å². The molecule has 1 amide bonds. The Balaban J connectivity index is 1.74. The van der Waals surface area contributed by atoms with E-state index in [4.69, 9.17) is 18.9 Å². The van der Waals surface area contributed by atoms with Crippen LogP contribution in [0.2, 0.25) is 0 Å². The second-order valence-corrected chi connectivity index (χ2v) is 23.2. The molecule has 0 aliphatic carbocycles. The van der Waals surface area contributed by atoms with E-state index in [9.17, 15) is 45.6 Å². The summed E-state index contributed by atoms with van der Waals surface area (Å²) >= 11 is 0. The summed E-state index contributed by atoms with van der Waals surface area (Å²) in [6, 6.07) is -0.958. The lowest BCUT2D eigenvalue weighted by Gasteiger charge is -2.46. The summed E-state index contributed by atoms with van der Waals surface area (Å²) in [7, 11) is 0. The first-order valence-corrected chi connectivity index (χ1v) is 33.9. The number of allylic oxidation sites excluding steroid dienone is 21. The summed E-state index contributed by atoms with van der Waals surface area (Å²) in [4.78, 5) is 13.3. The van der Waals surface area contributed by atoms with Crippen molar-refractivity contribution in [1.29, 1.82) is 0 Å². The van der Waals surface area contributed by atoms with Crippen LogP contribution in [0.25, 0.3) is 0 Å². The molecule has 12 atom stereocenters. The zero-order chi connectivity index (χ0) is 63.1. The second kappa shape index (κ2) is 56.1. The number of carbonyl (C=O) groups is 1. The lowest BCUT2D eigenvalue weighted by atomic mass is 9.97. The monoisotopic (exact) mass is 1220 g/mol. The maximum Gasteiger partial charge on any atom is 0.220 e. The summed E-state index contributed by atoms with van der Waals surface area (Å²) in [6.07, 6.45) is 66.3. The fourth-order valence-electron chi connectivity index (χ4n) is 10.2. The normalized spacial score (nSPS) is 24.2. The van der Waals surface area contributed by atoms with Gasteiger partial charge in [0.1, 0.15) is 48.8 Å². The second-order valence-electron chi connectivity index (χ2n) is 23.2. The van der Waals surface area contributed by atoms with Crippen LogP contribution in [0, 0.1) is 0 Å². The average Bonchev–Trinajstić information content (AvgIpc) is 2.33. The molecule has 0 aromatic rings. The van der Waals surface area contributed by atoms with Gasteiger partial charge < -0.3 is 65.1 Å². The highest BCUT2D eigenvalue weighted by molar-refractivity contribution is 5.76. The Morgan fingerprint density at radius 2 is 0.805 bits per heavy atom. The van der Waals surface area contributed by atoms with Crippen LogP contribution in [0.1, 0.15) is 226 Å². The Morgan fingerprint density at radius 1 is 0.425 bits per heavy atom. The van der Waals surface area contributed by atoms with Crippen LogP contribution < -0.4 is 5.32 Å². The predicted molar refractivity (Wildman–Crippen MR) is 355 cm³/mol. The lowest BCUT2D eigenvalue weighted by molar-refractivity contribution is -0.359. The third-order valence-electron chi connectivity index (χ3n) is 15.5. The lowest BCUT2D eigenvalue weighted by Crippen LogP contribution is -2.65. The molecule has 9 N–H and O–H groups in total. The van der Waals surface area contributed by atoms with Gasteiger partial charge in [0.15, 0.2) is 12.6 Å². The molecule has 2 saturated heterocycles. The van der Waals surface area contributed by atoms with Crippen LogP contribution in [-0.4, -0.2) is 140 Å². The first-order valence-electron chi connectivity index (χ1n) is 33.9. The Labute approximate surface area is 526 Å². The van der Waals surface area contributed by atoms with Crippen LogP contribution >= 0.6 is 0 Å². The van der Waals surface area contributed by atoms with E-state index in [0.29, 0.717) is 12.8 Å². The highest BCUT2D eigenvalue weighted by atomic mass is 16.7. The fourth-order valence-corrected chi connectivity index (χ4v) is 10.2. The molecule has 2 rings (SSSR count). The minimum absolute atomic E-state index is 0.244. The van der Waals surface area contributed by atoms with Crippen molar-refractivity contribution in [2.24, 2.45) is 0 Å². The van der Waals surface area contributed by atoms with Crippen molar-refractivity contribution in [3.63, 3.8) is 0 Å². The number of unbranched alkanes of at least 4 members (excludes halogenated alkanes) is 20. The number of carbonyl (C=O) groups excluding carboxylic acids is 1. The highest BCUT2D eigenvalue weighted by Gasteiger charge is 2.51. The molecule has 0 bridgehead atoms. The Morgan fingerprint density at radius 3 is 1.26 bits per heavy atom. The van der Waals surface area contributed by atoms with E-state index in [2.05, 4.69) is 141 Å². The molecule has 14 nitrogen and oxygen atoms in total. The van der Waals surface area contributed by atoms with Crippen molar-refractivity contribution in [3.8, 4) is 0 Å². The molecule has 0 aromatic carbocycles. The van der Waals surface area contributed by atoms with Crippen molar-refractivity contribution in [1.82, 2.24) is 5.32 Å². The zero-order valence-electron chi connectivity index (χ0n) is 53.7. The Bertz CT molecular complexity index is 1970. The van der Waals surface area contributed by atoms with Crippen molar-refractivity contribution in [3.05, 3.63) is 134 Å². The smallest absolute Gasteiger partial charge is 0.220 e. The van der Waals surface area contributed by atoms with Crippen molar-refractivity contribution < 1.29 is 64.6 Å². The van der Waals surface area contributed by atoms with Gasteiger partial charge in [-0.15, -0.1) is 0 Å². The van der Waals surface area contributed by atoms with E-state index in [0.717, 1.165) is 116 Å². The van der Waals surface area contributed by atoms with Gasteiger partial charge in [-0.3, -0.25) is 4.79 Å². The van der Waals surface area contributed by atoms with Crippen LogP contribution in [0.4, 0.5) is 0 Å². The van der Waals surface area contributed by atoms with Gasteiger partial charge >= 0.3 is 0 Å². The van der Waals surface area contributed by atoms with E-state index in [1.807, 2.05) is 6.08 Å². The van der Waals surface area contributed by atoms with Gasteiger partial charge in [-0.2, -0.15) is 0 Å². The number of hydrogen-bond acceptors (Lipinski definition) is 13. The number of hydrogen-bond donors (Lipinski definition) is 9. The van der Waals surface area contributed by atoms with E-state index in [1.165, 1.54) is 77.0 Å². The third-order valence-corrected chi connectivity index (χ3v) is 15.5. The minimum atomic E-state index is -1.80. The van der Waals surface area contributed by atoms with Crippen LogP contribution in [0.3, 0.4) is 0 Å². The van der Waals surface area contributed by atoms with Gasteiger partial charge in [-0.25, -0.2) is 0 Å². The number of ether oxygens (including phenoxy) is 4. The molecule has 0 radical (unpaired) electrons. The first kappa shape index (κ1) is 79.2. The summed E-state index contributed by atoms with van der Waals surface area (Å²) in [6.45, 7) is 2.65. The summed E-state index contributed by atoms with van der Waals surface area (Å²) in [5, 5.41) is 87.3. The van der Waals surface area contributed by atoms with Gasteiger partial charge in [-0.1, -0.05) is 244 Å². The van der Waals surface area contributed by atoms with E-state index in [1.54, 1.807) is 6.08 Å². The molecule has 2 aliphatic rings. The molecule has 0 aromatic heterocycles. The summed E-state index contributed by atoms with van der Waals surface area (Å²) in [5.41, 5.74) is 0. The SMILES string of the molecule is CC/C=C\C/C=C\C/C=C\C/C=C\C/C=C\C/C=C\C/C=C\C/C=C\CCCCCCCCC(=O)NC(COC1OC(CO)C(OC2OC(CO)C(O)C(O)C2O)C(O)C1O)C(O)/C=C/CC/C=C/CC/C=C/CCCCCCCCCCCCCC. The molecule has 12 unspecified atom stereocenters. The average molecular weight is 1220 g/mol. The molecule has 87 heavy (non-hydrogen) atoms. The standard InChI is InChI=1S/C73H121NO13/c1-3-5-7-9-11-13-15-17-19-21-23-25-27-28-29-30-31-32-33-34-35-37-39-41-43-45-47-49-51-53-55-57-65(78)74-61(60-84-72-70(83)68(81)71(64(59-76)86-72)87-73-69(82)67(80)66(79)63(58-75)85-73)62(77)56-54-52-50-48-46-44-42-40-38-36-26-24-22-20-18-16-14-12-10-8-6-4-2/h5,7,11,13,17,19,23,25,28-29,31-32,34-35,38-41,46,48,54,56,61-64,66-73,75-77,79-83H,3-4,6,8-10,12,14-16,18,20-22,24,26-27,30,33,36-37,42-45,47,49-53,55,57-60H2,1-2H3,(H,74,78)/b7-5-,13-11-,19-17-,25-23-,29-28-,32-31-,35-34-,40-38+,41-39-,48-46+,56-54+. The van der Waals surface area contributed by atoms with Crippen molar-refractivity contribution >= 4 is 5.91 Å². The zero-order valence-corrected chi connectivity index (χ0v) is 53.7. The molecule has 2 aliphatic heterocycles. The molecule has 2 heterocycles. The maximum atomic E-state index is 13.3. The van der Waals surface area contributed by atoms with E-state index < -0.39 is 86.8 Å². The Hall–Kier alpha value is -3.87. The quantitative estimate of drug-likeness (QED) is 0.0204. The topological polar surface area (TPSA) is 228 Å². The van der Waals surface area contributed by atoms with Crippen molar-refractivity contribution in [2.45, 2.75) is 299 Å². The summed E-state index contributed by atoms with van der Waals surface area (Å²) < 4.78 is 22.8. The predicted octanol–water partition coefficient (Wildman–Crippen LogP) is 13.5. The van der Waals surface area contributed by atoms with Gasteiger partial charge in [-0.05, 0) is 109 Å². The minimum Gasteiger partial charge on any atom is -0.394 e. The number of nitrogens with one attached hydrogen (secondary N) is 1. The largest absolute Gasteiger partial charge is 0.394 e. The van der Waals surface area contributed by atoms with E-state index in [-0.39, 0.29) is 18.9 Å². The number of amides is 1. The first-order chi connectivity index (χ1) is 42.6. The maximum absolute atomic E-state index is 13.3. The molecule has 0 saturated carbocycles. The van der Waals surface area contributed by atoms with Crippen LogP contribution in [-0.2, 0) is 23.7 Å². The van der Waals surface area contributed by atoms with Gasteiger partial charge in [0.25, 0.3) is 0 Å². The third kappa shape index (κ3) is 40.5. The van der Waals surface area contributed by atoms with Gasteiger partial charge in [0.2, 0.25) is 5.91 Å². The number of aliphatic hydroxyl groups excluding tert-OH is 8. The fraction of sp³-hybridized carbons (Fsp3) is 0.685. The molecular weight excluding hydrogens is 1100 g/mol. The Kier molecular flexibility index (Phi) is 51.1. The van der Waals surface area contributed by atoms with Gasteiger partial charge in [0, 0.05) is 6.42 Å². The number of rotatable bonds is 53. The van der Waals surface area contributed by atoms with Crippen LogP contribution in [0.5, 0.6) is 0 Å². The molecular formula is C73H121NO13. The van der Waals surface area contributed by atoms with Crippen molar-refractivity contribution in [2.75, 3.05) is 19.8 Å². The molecule has 496 valence electrons. The highest BCUT2D eigenvalue weighted by Crippen LogP contribution is 2.30. The molecule has 14 heteroatoms. The van der Waals surface area contributed by atoms with E-state index >= 15 is 0 Å². The summed E-state index contributed by atoms with van der Waals surface area (Å²) in [5.74, 6) is -0.273. The molecule has 0 spiro atoms. The van der Waals surface area contributed by atoms with Gasteiger partial charge in [0.05, 0.1) is 32.0 Å². The number of aliphatic hydroxyl groups is 8. The molecule has 2 fully saturated rings.